The molecule has 0 bridgehead atoms. The number of hydrogen-bond donors (Lipinski definition) is 1. The molecule has 1 fully saturated rings. The first-order valence-corrected chi connectivity index (χ1v) is 7.75. The Morgan fingerprint density at radius 2 is 2.30 bits per heavy atom. The molecule has 1 aromatic heterocycles. The predicted molar refractivity (Wildman–Crippen MR) is 81.0 cm³/mol. The third-order valence-corrected chi connectivity index (χ3v) is 3.80. The van der Waals surface area contributed by atoms with Gasteiger partial charge < -0.3 is 14.7 Å². The van der Waals surface area contributed by atoms with E-state index in [0.717, 1.165) is 50.3 Å². The zero-order valence-electron chi connectivity index (χ0n) is 12.6. The van der Waals surface area contributed by atoms with Gasteiger partial charge in [0.1, 0.15) is 0 Å². The van der Waals surface area contributed by atoms with Gasteiger partial charge in [0.15, 0.2) is 0 Å². The standard InChI is InChI=1S/C16H26N2O2/c1-3-10-20-14-6-5-9-18(12-14)13-7-8-15(17-11-13)16(19)4-2/h7-8,11,14,16,19H,3-6,9-10,12H2,1-2H3/t14?,16-/m0/s1. The molecule has 4 heteroatoms. The molecule has 1 saturated heterocycles. The maximum atomic E-state index is 9.77. The average Bonchev–Trinajstić information content (AvgIpc) is 2.52. The number of nitrogens with zero attached hydrogens (tertiary/aromatic N) is 2. The third kappa shape index (κ3) is 3.93. The van der Waals surface area contributed by atoms with Crippen molar-refractivity contribution in [2.45, 2.75) is 51.7 Å². The fraction of sp³-hybridized carbons (Fsp3) is 0.688. The van der Waals surface area contributed by atoms with E-state index in [1.807, 2.05) is 19.2 Å². The first-order chi connectivity index (χ1) is 9.74. The van der Waals surface area contributed by atoms with Crippen LogP contribution in [0.2, 0.25) is 0 Å². The molecule has 0 aliphatic carbocycles. The summed E-state index contributed by atoms with van der Waals surface area (Å²) in [5.41, 5.74) is 1.88. The van der Waals surface area contributed by atoms with Gasteiger partial charge in [-0.1, -0.05) is 13.8 Å². The molecular weight excluding hydrogens is 252 g/mol. The number of piperidine rings is 1. The van der Waals surface area contributed by atoms with Crippen molar-refractivity contribution in [3.05, 3.63) is 24.0 Å². The molecule has 112 valence electrons. The molecule has 4 nitrogen and oxygen atoms in total. The van der Waals surface area contributed by atoms with Gasteiger partial charge in [0, 0.05) is 19.7 Å². The molecule has 0 saturated carbocycles. The van der Waals surface area contributed by atoms with Crippen LogP contribution in [0, 0.1) is 0 Å². The SMILES string of the molecule is CCCOC1CCCN(c2ccc([C@@H](O)CC)nc2)C1. The molecule has 2 heterocycles. The minimum Gasteiger partial charge on any atom is -0.387 e. The normalized spacial score (nSPS) is 20.9. The predicted octanol–water partition coefficient (Wildman–Crippen LogP) is 2.92. The van der Waals surface area contributed by atoms with Gasteiger partial charge in [0.05, 0.1) is 29.8 Å². The van der Waals surface area contributed by atoms with Crippen LogP contribution in [-0.2, 0) is 4.74 Å². The molecule has 1 unspecified atom stereocenters. The Hall–Kier alpha value is -1.13. The zero-order chi connectivity index (χ0) is 14.4. The lowest BCUT2D eigenvalue weighted by atomic mass is 10.1. The number of aromatic nitrogens is 1. The van der Waals surface area contributed by atoms with Crippen molar-refractivity contribution in [3.63, 3.8) is 0 Å². The van der Waals surface area contributed by atoms with E-state index in [4.69, 9.17) is 4.74 Å². The summed E-state index contributed by atoms with van der Waals surface area (Å²) < 4.78 is 5.86. The molecule has 0 radical (unpaired) electrons. The molecule has 1 N–H and O–H groups in total. The average molecular weight is 278 g/mol. The highest BCUT2D eigenvalue weighted by Crippen LogP contribution is 2.22. The van der Waals surface area contributed by atoms with Gasteiger partial charge in [-0.05, 0) is 37.8 Å². The first kappa shape index (κ1) is 15.3. The van der Waals surface area contributed by atoms with E-state index in [0.29, 0.717) is 12.5 Å². The highest BCUT2D eigenvalue weighted by Gasteiger charge is 2.20. The maximum absolute atomic E-state index is 9.77. The van der Waals surface area contributed by atoms with Crippen LogP contribution >= 0.6 is 0 Å². The van der Waals surface area contributed by atoms with Crippen LogP contribution in [0.4, 0.5) is 5.69 Å². The lowest BCUT2D eigenvalue weighted by Crippen LogP contribution is -2.39. The lowest BCUT2D eigenvalue weighted by Gasteiger charge is -2.34. The number of ether oxygens (including phenoxy) is 1. The second kappa shape index (κ2) is 7.60. The number of aliphatic hydroxyl groups is 1. The van der Waals surface area contributed by atoms with Gasteiger partial charge in [-0.15, -0.1) is 0 Å². The highest BCUT2D eigenvalue weighted by atomic mass is 16.5. The number of aliphatic hydroxyl groups excluding tert-OH is 1. The first-order valence-electron chi connectivity index (χ1n) is 7.75. The van der Waals surface area contributed by atoms with E-state index in [2.05, 4.69) is 22.9 Å². The monoisotopic (exact) mass is 278 g/mol. The van der Waals surface area contributed by atoms with Gasteiger partial charge in [-0.3, -0.25) is 4.98 Å². The molecule has 1 aliphatic rings. The van der Waals surface area contributed by atoms with Gasteiger partial charge in [0.25, 0.3) is 0 Å². The number of rotatable bonds is 6. The third-order valence-electron chi connectivity index (χ3n) is 3.80. The molecule has 0 aromatic carbocycles. The lowest BCUT2D eigenvalue weighted by molar-refractivity contribution is 0.0440. The van der Waals surface area contributed by atoms with Gasteiger partial charge in [-0.2, -0.15) is 0 Å². The van der Waals surface area contributed by atoms with Gasteiger partial charge >= 0.3 is 0 Å². The van der Waals surface area contributed by atoms with Crippen LogP contribution < -0.4 is 4.90 Å². The number of anilines is 1. The Morgan fingerprint density at radius 1 is 1.45 bits per heavy atom. The van der Waals surface area contributed by atoms with Crippen molar-refractivity contribution in [1.29, 1.82) is 0 Å². The highest BCUT2D eigenvalue weighted by molar-refractivity contribution is 5.45. The zero-order valence-corrected chi connectivity index (χ0v) is 12.6. The molecule has 1 aromatic rings. The summed E-state index contributed by atoms with van der Waals surface area (Å²) >= 11 is 0. The maximum Gasteiger partial charge on any atom is 0.0957 e. The number of hydrogen-bond acceptors (Lipinski definition) is 4. The van der Waals surface area contributed by atoms with Crippen molar-refractivity contribution in [3.8, 4) is 0 Å². The van der Waals surface area contributed by atoms with E-state index in [9.17, 15) is 5.11 Å². The summed E-state index contributed by atoms with van der Waals surface area (Å²) in [6.45, 7) is 6.95. The largest absolute Gasteiger partial charge is 0.387 e. The van der Waals surface area contributed by atoms with Crippen molar-refractivity contribution in [1.82, 2.24) is 4.98 Å². The Kier molecular flexibility index (Phi) is 5.80. The van der Waals surface area contributed by atoms with Crippen LogP contribution in [-0.4, -0.2) is 35.9 Å². The summed E-state index contributed by atoms with van der Waals surface area (Å²) in [5.74, 6) is 0. The Labute approximate surface area is 121 Å². The molecular formula is C16H26N2O2. The molecule has 20 heavy (non-hydrogen) atoms. The summed E-state index contributed by atoms with van der Waals surface area (Å²) in [4.78, 5) is 6.71. The van der Waals surface area contributed by atoms with Crippen molar-refractivity contribution < 1.29 is 9.84 Å². The molecule has 0 amide bonds. The fourth-order valence-corrected chi connectivity index (χ4v) is 2.58. The van der Waals surface area contributed by atoms with E-state index in [-0.39, 0.29) is 0 Å². The molecule has 2 atom stereocenters. The summed E-state index contributed by atoms with van der Waals surface area (Å²) in [7, 11) is 0. The van der Waals surface area contributed by atoms with Crippen LogP contribution in [0.25, 0.3) is 0 Å². The molecule has 2 rings (SSSR count). The van der Waals surface area contributed by atoms with Crippen LogP contribution in [0.15, 0.2) is 18.3 Å². The van der Waals surface area contributed by atoms with E-state index < -0.39 is 6.10 Å². The topological polar surface area (TPSA) is 45.6 Å². The van der Waals surface area contributed by atoms with Gasteiger partial charge in [-0.25, -0.2) is 0 Å². The Balaban J connectivity index is 1.96. The quantitative estimate of drug-likeness (QED) is 0.869. The Morgan fingerprint density at radius 3 is 2.95 bits per heavy atom. The van der Waals surface area contributed by atoms with Crippen molar-refractivity contribution in [2.75, 3.05) is 24.6 Å². The fourth-order valence-electron chi connectivity index (χ4n) is 2.58. The summed E-state index contributed by atoms with van der Waals surface area (Å²) in [5, 5.41) is 9.77. The van der Waals surface area contributed by atoms with E-state index in [1.54, 1.807) is 0 Å². The van der Waals surface area contributed by atoms with Crippen molar-refractivity contribution in [2.24, 2.45) is 0 Å². The summed E-state index contributed by atoms with van der Waals surface area (Å²) in [6.07, 6.45) is 5.83. The van der Waals surface area contributed by atoms with Crippen LogP contribution in [0.5, 0.6) is 0 Å². The van der Waals surface area contributed by atoms with E-state index >= 15 is 0 Å². The summed E-state index contributed by atoms with van der Waals surface area (Å²) in [6, 6.07) is 3.99. The van der Waals surface area contributed by atoms with Crippen LogP contribution in [0.3, 0.4) is 0 Å². The minimum atomic E-state index is -0.453. The minimum absolute atomic E-state index is 0.338. The van der Waals surface area contributed by atoms with E-state index in [1.165, 1.54) is 0 Å². The van der Waals surface area contributed by atoms with Crippen molar-refractivity contribution >= 4 is 5.69 Å². The number of pyridine rings is 1. The molecule has 0 spiro atoms. The van der Waals surface area contributed by atoms with Gasteiger partial charge in [0.2, 0.25) is 0 Å². The second-order valence-corrected chi connectivity index (χ2v) is 5.45. The van der Waals surface area contributed by atoms with Crippen LogP contribution in [0.1, 0.15) is 51.3 Å². The smallest absolute Gasteiger partial charge is 0.0957 e. The molecule has 1 aliphatic heterocycles. The Bertz CT molecular complexity index is 394. The second-order valence-electron chi connectivity index (χ2n) is 5.45.